The number of esters is 1. The van der Waals surface area contributed by atoms with Gasteiger partial charge in [0.2, 0.25) is 5.75 Å². The monoisotopic (exact) mass is 548 g/mol. The summed E-state index contributed by atoms with van der Waals surface area (Å²) in [7, 11) is 4.32. The molecule has 2 heterocycles. The second kappa shape index (κ2) is 10.7. The number of aromatic nitrogens is 1. The maximum absolute atomic E-state index is 14.2. The minimum absolute atomic E-state index is 0.0885. The van der Waals surface area contributed by atoms with Crippen molar-refractivity contribution in [2.45, 2.75) is 19.1 Å². The summed E-state index contributed by atoms with van der Waals surface area (Å²) in [5.41, 5.74) is -2.00. The third-order valence-corrected chi connectivity index (χ3v) is 6.68. The molecule has 12 heteroatoms. The number of thiazole rings is 1. The first kappa shape index (κ1) is 27.0. The van der Waals surface area contributed by atoms with Gasteiger partial charge in [0.05, 0.1) is 44.1 Å². The lowest BCUT2D eigenvalue weighted by atomic mass is 9.95. The van der Waals surface area contributed by atoms with E-state index in [1.165, 1.54) is 34.3 Å². The Bertz CT molecular complexity index is 1550. The van der Waals surface area contributed by atoms with Crippen molar-refractivity contribution < 1.29 is 36.9 Å². The summed E-state index contributed by atoms with van der Waals surface area (Å²) in [6, 6.07) is 9.77. The molecule has 0 fully saturated rings. The van der Waals surface area contributed by atoms with E-state index in [1.54, 1.807) is 42.5 Å². The van der Waals surface area contributed by atoms with Gasteiger partial charge in [-0.2, -0.15) is 13.2 Å². The zero-order chi connectivity index (χ0) is 27.6. The Morgan fingerprint density at radius 2 is 1.71 bits per heavy atom. The molecule has 3 aromatic rings. The third-order valence-electron chi connectivity index (χ3n) is 5.70. The van der Waals surface area contributed by atoms with Crippen molar-refractivity contribution in [1.82, 2.24) is 4.57 Å². The SMILES string of the molecule is CCOC(=O)C1=C(C(F)(F)F)N=c2s/c(=C\c3cc(OC)c(OC)c(OC)c3)c(=O)n2[C@H]1c1ccccc1. The number of nitrogens with zero attached hydrogens (tertiary/aromatic N) is 2. The highest BCUT2D eigenvalue weighted by Gasteiger charge is 2.45. The topological polar surface area (TPSA) is 88.4 Å². The molecule has 1 aliphatic heterocycles. The van der Waals surface area contributed by atoms with Gasteiger partial charge in [0.15, 0.2) is 22.0 Å². The molecule has 0 N–H and O–H groups in total. The molecule has 0 unspecified atom stereocenters. The van der Waals surface area contributed by atoms with E-state index in [-0.39, 0.29) is 15.9 Å². The van der Waals surface area contributed by atoms with E-state index >= 15 is 0 Å². The standard InChI is InChI=1S/C26H23F3N2O6S/c1-5-37-24(33)19-20(15-9-7-6-8-10-15)31-23(32)18(38-25(31)30-22(19)26(27,28)29)13-14-11-16(34-2)21(36-4)17(12-14)35-3/h6-13,20H,5H2,1-4H3/b18-13-/t20-/m0/s1. The first-order valence-electron chi connectivity index (χ1n) is 11.3. The van der Waals surface area contributed by atoms with Crippen molar-refractivity contribution in [2.24, 2.45) is 4.99 Å². The van der Waals surface area contributed by atoms with Crippen molar-refractivity contribution in [3.05, 3.63) is 84.5 Å². The summed E-state index contributed by atoms with van der Waals surface area (Å²) in [6.07, 6.45) is -3.49. The molecule has 8 nitrogen and oxygen atoms in total. The van der Waals surface area contributed by atoms with E-state index in [2.05, 4.69) is 4.99 Å². The molecule has 200 valence electrons. The fraction of sp³-hybridized carbons (Fsp3) is 0.269. The Morgan fingerprint density at radius 1 is 1.08 bits per heavy atom. The molecule has 1 aromatic heterocycles. The van der Waals surface area contributed by atoms with Gasteiger partial charge in [0, 0.05) is 0 Å². The van der Waals surface area contributed by atoms with Gasteiger partial charge in [-0.05, 0) is 36.3 Å². The zero-order valence-corrected chi connectivity index (χ0v) is 21.6. The summed E-state index contributed by atoms with van der Waals surface area (Å²) < 4.78 is 64.7. The molecule has 4 rings (SSSR count). The zero-order valence-electron chi connectivity index (χ0n) is 20.8. The molecule has 0 radical (unpaired) electrons. The Balaban J connectivity index is 2.03. The average Bonchev–Trinajstić information content (AvgIpc) is 3.21. The average molecular weight is 549 g/mol. The molecule has 0 bridgehead atoms. The predicted molar refractivity (Wildman–Crippen MR) is 133 cm³/mol. The van der Waals surface area contributed by atoms with E-state index in [0.29, 0.717) is 28.4 Å². The van der Waals surface area contributed by atoms with Crippen molar-refractivity contribution in [3.63, 3.8) is 0 Å². The Hall–Kier alpha value is -4.06. The van der Waals surface area contributed by atoms with Gasteiger partial charge in [0.1, 0.15) is 0 Å². The van der Waals surface area contributed by atoms with E-state index in [0.717, 1.165) is 15.9 Å². The number of benzene rings is 2. The lowest BCUT2D eigenvalue weighted by Gasteiger charge is -2.26. The Labute approximate surface area is 218 Å². The van der Waals surface area contributed by atoms with Crippen LogP contribution < -0.4 is 29.1 Å². The molecule has 2 aromatic carbocycles. The number of rotatable bonds is 7. The first-order valence-corrected chi connectivity index (χ1v) is 12.1. The number of ether oxygens (including phenoxy) is 4. The lowest BCUT2D eigenvalue weighted by Crippen LogP contribution is -2.41. The smallest absolute Gasteiger partial charge is 0.434 e. The van der Waals surface area contributed by atoms with Crippen LogP contribution in [0.15, 0.2) is 63.5 Å². The summed E-state index contributed by atoms with van der Waals surface area (Å²) in [5, 5.41) is 0. The van der Waals surface area contributed by atoms with Crippen LogP contribution in [0.4, 0.5) is 13.2 Å². The normalized spacial score (nSPS) is 15.6. The van der Waals surface area contributed by atoms with Crippen LogP contribution in [0.5, 0.6) is 17.2 Å². The number of hydrogen-bond acceptors (Lipinski definition) is 8. The summed E-state index contributed by atoms with van der Waals surface area (Å²) in [6.45, 7) is 1.33. The van der Waals surface area contributed by atoms with Crippen LogP contribution in [0.2, 0.25) is 0 Å². The molecule has 38 heavy (non-hydrogen) atoms. The highest BCUT2D eigenvalue weighted by molar-refractivity contribution is 7.07. The Morgan fingerprint density at radius 3 is 2.24 bits per heavy atom. The largest absolute Gasteiger partial charge is 0.493 e. The number of allylic oxidation sites excluding steroid dienone is 1. The van der Waals surface area contributed by atoms with E-state index in [1.807, 2.05) is 0 Å². The summed E-state index contributed by atoms with van der Waals surface area (Å²) >= 11 is 0.768. The fourth-order valence-electron chi connectivity index (χ4n) is 4.13. The van der Waals surface area contributed by atoms with Gasteiger partial charge in [0.25, 0.3) is 5.56 Å². The molecule has 0 spiro atoms. The van der Waals surface area contributed by atoms with Gasteiger partial charge < -0.3 is 18.9 Å². The molecular weight excluding hydrogens is 525 g/mol. The fourth-order valence-corrected chi connectivity index (χ4v) is 5.13. The molecule has 0 amide bonds. The number of halogens is 3. The number of methoxy groups -OCH3 is 3. The van der Waals surface area contributed by atoms with Gasteiger partial charge >= 0.3 is 12.1 Å². The van der Waals surface area contributed by atoms with Gasteiger partial charge in [-0.15, -0.1) is 0 Å². The van der Waals surface area contributed by atoms with Gasteiger partial charge in [-0.25, -0.2) is 9.79 Å². The van der Waals surface area contributed by atoms with Crippen LogP contribution in [-0.2, 0) is 9.53 Å². The number of hydrogen-bond donors (Lipinski definition) is 0. The highest BCUT2D eigenvalue weighted by atomic mass is 32.1. The van der Waals surface area contributed by atoms with Crippen LogP contribution in [0.1, 0.15) is 24.1 Å². The van der Waals surface area contributed by atoms with Crippen molar-refractivity contribution in [2.75, 3.05) is 27.9 Å². The predicted octanol–water partition coefficient (Wildman–Crippen LogP) is 3.37. The van der Waals surface area contributed by atoms with E-state index in [4.69, 9.17) is 18.9 Å². The molecular formula is C26H23F3N2O6S. The Kier molecular flexibility index (Phi) is 7.63. The van der Waals surface area contributed by atoms with Crippen LogP contribution in [0.3, 0.4) is 0 Å². The maximum Gasteiger partial charge on any atom is 0.434 e. The molecule has 0 aliphatic carbocycles. The van der Waals surface area contributed by atoms with Crippen LogP contribution in [0.25, 0.3) is 6.08 Å². The quantitative estimate of drug-likeness (QED) is 0.421. The second-order valence-corrected chi connectivity index (χ2v) is 8.94. The molecule has 0 saturated carbocycles. The van der Waals surface area contributed by atoms with Gasteiger partial charge in [-0.3, -0.25) is 9.36 Å². The lowest BCUT2D eigenvalue weighted by molar-refractivity contribution is -0.140. The molecule has 1 aliphatic rings. The molecule has 0 saturated heterocycles. The summed E-state index contributed by atoms with van der Waals surface area (Å²) in [4.78, 5) is 30.1. The minimum atomic E-state index is -4.97. The van der Waals surface area contributed by atoms with E-state index < -0.39 is 35.0 Å². The number of alkyl halides is 3. The summed E-state index contributed by atoms with van der Waals surface area (Å²) in [5.74, 6) is -0.197. The highest BCUT2D eigenvalue weighted by Crippen LogP contribution is 2.39. The van der Waals surface area contributed by atoms with Crippen molar-refractivity contribution in [1.29, 1.82) is 0 Å². The first-order chi connectivity index (χ1) is 18.1. The minimum Gasteiger partial charge on any atom is -0.493 e. The number of carbonyl (C=O) groups is 1. The maximum atomic E-state index is 14.2. The second-order valence-electron chi connectivity index (χ2n) is 7.93. The van der Waals surface area contributed by atoms with E-state index in [9.17, 15) is 22.8 Å². The van der Waals surface area contributed by atoms with Crippen LogP contribution in [0, 0.1) is 0 Å². The van der Waals surface area contributed by atoms with Crippen LogP contribution in [-0.4, -0.2) is 44.6 Å². The third kappa shape index (κ3) is 4.91. The molecule has 1 atom stereocenters. The van der Waals surface area contributed by atoms with Gasteiger partial charge in [-0.1, -0.05) is 41.7 Å². The number of fused-ring (bicyclic) bond motifs is 1. The number of carbonyl (C=O) groups excluding carboxylic acids is 1. The van der Waals surface area contributed by atoms with Crippen LogP contribution >= 0.6 is 11.3 Å². The van der Waals surface area contributed by atoms with Crippen molar-refractivity contribution in [3.8, 4) is 17.2 Å². The van der Waals surface area contributed by atoms with Crippen molar-refractivity contribution >= 4 is 23.4 Å².